The summed E-state index contributed by atoms with van der Waals surface area (Å²) in [5, 5.41) is 4.04. The smallest absolute Gasteiger partial charge is 0.181 e. The third kappa shape index (κ3) is 2.92. The second kappa shape index (κ2) is 5.55. The summed E-state index contributed by atoms with van der Waals surface area (Å²) in [6.45, 7) is 6.93. The van der Waals surface area contributed by atoms with Crippen molar-refractivity contribution in [3.8, 4) is 11.3 Å². The molecule has 0 unspecified atom stereocenters. The van der Waals surface area contributed by atoms with Gasteiger partial charge in [0.15, 0.2) is 12.2 Å². The Labute approximate surface area is 112 Å². The number of oxazole rings is 1. The number of aryl methyl sites for hydroxylation is 1. The highest BCUT2D eigenvalue weighted by Crippen LogP contribution is 2.29. The predicted molar refractivity (Wildman–Crippen MR) is 73.7 cm³/mol. The maximum atomic E-state index is 6.04. The molecule has 4 heteroatoms. The summed E-state index contributed by atoms with van der Waals surface area (Å²) in [4.78, 5) is 4.26. The highest BCUT2D eigenvalue weighted by Gasteiger charge is 2.13. The molecule has 1 aromatic heterocycles. The van der Waals surface area contributed by atoms with E-state index in [4.69, 9.17) is 16.0 Å². The van der Waals surface area contributed by atoms with E-state index < -0.39 is 0 Å². The molecular weight excluding hydrogens is 248 g/mol. The van der Waals surface area contributed by atoms with E-state index in [-0.39, 0.29) is 0 Å². The van der Waals surface area contributed by atoms with Gasteiger partial charge in [-0.1, -0.05) is 31.5 Å². The predicted octanol–water partition coefficient (Wildman–Crippen LogP) is 3.80. The van der Waals surface area contributed by atoms with E-state index in [2.05, 4.69) is 24.1 Å². The van der Waals surface area contributed by atoms with Gasteiger partial charge >= 0.3 is 0 Å². The van der Waals surface area contributed by atoms with Gasteiger partial charge in [0, 0.05) is 23.2 Å². The highest BCUT2D eigenvalue weighted by molar-refractivity contribution is 6.30. The molecule has 0 saturated heterocycles. The zero-order valence-electron chi connectivity index (χ0n) is 10.8. The summed E-state index contributed by atoms with van der Waals surface area (Å²) >= 11 is 6.04. The summed E-state index contributed by atoms with van der Waals surface area (Å²) in [6, 6.07) is 6.19. The van der Waals surface area contributed by atoms with Crippen LogP contribution in [0.25, 0.3) is 11.3 Å². The number of rotatable bonds is 4. The van der Waals surface area contributed by atoms with Gasteiger partial charge in [-0.05, 0) is 24.6 Å². The Morgan fingerprint density at radius 1 is 1.39 bits per heavy atom. The number of nitrogens with zero attached hydrogens (tertiary/aromatic N) is 1. The van der Waals surface area contributed by atoms with E-state index in [1.165, 1.54) is 6.39 Å². The van der Waals surface area contributed by atoms with Gasteiger partial charge in [0.1, 0.15) is 5.69 Å². The monoisotopic (exact) mass is 264 g/mol. The van der Waals surface area contributed by atoms with Crippen LogP contribution in [0.3, 0.4) is 0 Å². The van der Waals surface area contributed by atoms with Gasteiger partial charge in [-0.15, -0.1) is 0 Å². The summed E-state index contributed by atoms with van der Waals surface area (Å²) in [5.74, 6) is 0.795. The third-order valence-electron chi connectivity index (χ3n) is 2.76. The SMILES string of the molecule is Cc1ccc(Cl)cc1-c1ocnc1CNC(C)C. The standard InChI is InChI=1S/C14H17ClN2O/c1-9(2)16-7-13-14(18-8-17-13)12-6-11(15)5-4-10(12)3/h4-6,8-9,16H,7H2,1-3H3. The van der Waals surface area contributed by atoms with Crippen LogP contribution in [0.15, 0.2) is 29.0 Å². The molecule has 0 aliphatic rings. The van der Waals surface area contributed by atoms with Crippen LogP contribution in [0.1, 0.15) is 25.1 Å². The largest absolute Gasteiger partial charge is 0.443 e. The van der Waals surface area contributed by atoms with Gasteiger partial charge < -0.3 is 9.73 Å². The molecule has 0 amide bonds. The number of aromatic nitrogens is 1. The lowest BCUT2D eigenvalue weighted by molar-refractivity contribution is 0.562. The summed E-state index contributed by atoms with van der Waals surface area (Å²) in [5.41, 5.74) is 3.04. The molecule has 0 aliphatic heterocycles. The van der Waals surface area contributed by atoms with Crippen molar-refractivity contribution in [2.24, 2.45) is 0 Å². The van der Waals surface area contributed by atoms with Crippen LogP contribution < -0.4 is 5.32 Å². The molecule has 0 spiro atoms. The zero-order chi connectivity index (χ0) is 13.1. The average molecular weight is 265 g/mol. The molecule has 0 atom stereocenters. The Balaban J connectivity index is 2.33. The third-order valence-corrected chi connectivity index (χ3v) is 3.00. The van der Waals surface area contributed by atoms with Gasteiger partial charge in [0.2, 0.25) is 0 Å². The lowest BCUT2D eigenvalue weighted by Gasteiger charge is -2.08. The number of halogens is 1. The molecule has 2 aromatic rings. The lowest BCUT2D eigenvalue weighted by Crippen LogP contribution is -2.22. The Kier molecular flexibility index (Phi) is 4.04. The van der Waals surface area contributed by atoms with Gasteiger partial charge in [-0.25, -0.2) is 4.98 Å². The first kappa shape index (κ1) is 13.1. The van der Waals surface area contributed by atoms with E-state index in [9.17, 15) is 0 Å². The van der Waals surface area contributed by atoms with Crippen molar-refractivity contribution in [3.63, 3.8) is 0 Å². The van der Waals surface area contributed by atoms with Gasteiger partial charge in [-0.3, -0.25) is 0 Å². The van der Waals surface area contributed by atoms with Crippen LogP contribution in [0.5, 0.6) is 0 Å². The molecule has 2 rings (SSSR count). The average Bonchev–Trinajstić information content (AvgIpc) is 2.77. The highest BCUT2D eigenvalue weighted by atomic mass is 35.5. The number of hydrogen-bond acceptors (Lipinski definition) is 3. The Bertz CT molecular complexity index is 534. The molecule has 0 aliphatic carbocycles. The molecule has 0 saturated carbocycles. The fourth-order valence-corrected chi connectivity index (χ4v) is 1.93. The fraction of sp³-hybridized carbons (Fsp3) is 0.357. The Morgan fingerprint density at radius 3 is 2.89 bits per heavy atom. The molecule has 18 heavy (non-hydrogen) atoms. The Morgan fingerprint density at radius 2 is 2.17 bits per heavy atom. The first-order valence-corrected chi connectivity index (χ1v) is 6.38. The number of hydrogen-bond donors (Lipinski definition) is 1. The minimum Gasteiger partial charge on any atom is -0.443 e. The number of benzene rings is 1. The van der Waals surface area contributed by atoms with Crippen LogP contribution in [0.2, 0.25) is 5.02 Å². The van der Waals surface area contributed by atoms with Gasteiger partial charge in [0.25, 0.3) is 0 Å². The van der Waals surface area contributed by atoms with E-state index in [1.54, 1.807) is 0 Å². The lowest BCUT2D eigenvalue weighted by atomic mass is 10.1. The molecular formula is C14H17ClN2O. The summed E-state index contributed by atoms with van der Waals surface area (Å²) in [7, 11) is 0. The molecule has 3 nitrogen and oxygen atoms in total. The van der Waals surface area contributed by atoms with E-state index in [1.807, 2.05) is 25.1 Å². The van der Waals surface area contributed by atoms with Crippen molar-refractivity contribution >= 4 is 11.6 Å². The van der Waals surface area contributed by atoms with E-state index >= 15 is 0 Å². The van der Waals surface area contributed by atoms with Crippen LogP contribution >= 0.6 is 11.6 Å². The zero-order valence-corrected chi connectivity index (χ0v) is 11.6. The van der Waals surface area contributed by atoms with Crippen molar-refractivity contribution in [1.82, 2.24) is 10.3 Å². The molecule has 0 bridgehead atoms. The van der Waals surface area contributed by atoms with Crippen LogP contribution in [0, 0.1) is 6.92 Å². The van der Waals surface area contributed by atoms with Crippen LogP contribution in [-0.4, -0.2) is 11.0 Å². The maximum Gasteiger partial charge on any atom is 0.181 e. The van der Waals surface area contributed by atoms with Crippen molar-refractivity contribution in [2.45, 2.75) is 33.4 Å². The van der Waals surface area contributed by atoms with Crippen molar-refractivity contribution in [1.29, 1.82) is 0 Å². The second-order valence-corrected chi connectivity index (χ2v) is 5.06. The molecule has 1 N–H and O–H groups in total. The van der Waals surface area contributed by atoms with Crippen molar-refractivity contribution in [2.75, 3.05) is 0 Å². The van der Waals surface area contributed by atoms with Crippen molar-refractivity contribution < 1.29 is 4.42 Å². The quantitative estimate of drug-likeness (QED) is 0.913. The van der Waals surface area contributed by atoms with E-state index in [0.717, 1.165) is 22.6 Å². The van der Waals surface area contributed by atoms with Crippen molar-refractivity contribution in [3.05, 3.63) is 40.9 Å². The molecule has 0 radical (unpaired) electrons. The summed E-state index contributed by atoms with van der Waals surface area (Å²) < 4.78 is 5.51. The van der Waals surface area contributed by atoms with Crippen LogP contribution in [0.4, 0.5) is 0 Å². The normalized spacial score (nSPS) is 11.2. The first-order chi connectivity index (χ1) is 8.58. The number of nitrogens with one attached hydrogen (secondary N) is 1. The molecule has 96 valence electrons. The molecule has 0 fully saturated rings. The van der Waals surface area contributed by atoms with Crippen LogP contribution in [-0.2, 0) is 6.54 Å². The minimum atomic E-state index is 0.412. The van der Waals surface area contributed by atoms with Gasteiger partial charge in [0.05, 0.1) is 0 Å². The Hall–Kier alpha value is -1.32. The molecule has 1 aromatic carbocycles. The summed E-state index contributed by atoms with van der Waals surface area (Å²) in [6.07, 6.45) is 1.48. The second-order valence-electron chi connectivity index (χ2n) is 4.62. The van der Waals surface area contributed by atoms with E-state index in [0.29, 0.717) is 17.6 Å². The fourth-order valence-electron chi connectivity index (χ4n) is 1.75. The topological polar surface area (TPSA) is 38.1 Å². The van der Waals surface area contributed by atoms with Gasteiger partial charge in [-0.2, -0.15) is 0 Å². The maximum absolute atomic E-state index is 6.04. The minimum absolute atomic E-state index is 0.412. The first-order valence-electron chi connectivity index (χ1n) is 6.00. The molecule has 1 heterocycles.